The SMILES string of the molecule is COc1cc(/C=C2/SC(=O)N(Cc3ccccc3C#N)C2=O)cc(I)c1OCC(=O)Nc1ccccc1. The van der Waals surface area contributed by atoms with Crippen LogP contribution in [0.5, 0.6) is 11.5 Å². The number of nitriles is 1. The molecular formula is C27H20IN3O5S. The van der Waals surface area contributed by atoms with Crippen molar-refractivity contribution in [2.24, 2.45) is 0 Å². The molecule has 1 aliphatic heterocycles. The Kier molecular flexibility index (Phi) is 8.47. The maximum atomic E-state index is 13.0. The number of benzene rings is 3. The van der Waals surface area contributed by atoms with Gasteiger partial charge >= 0.3 is 0 Å². The van der Waals surface area contributed by atoms with Gasteiger partial charge < -0.3 is 14.8 Å². The summed E-state index contributed by atoms with van der Waals surface area (Å²) >= 11 is 2.90. The first-order valence-corrected chi connectivity index (χ1v) is 12.9. The molecule has 0 saturated carbocycles. The van der Waals surface area contributed by atoms with Gasteiger partial charge in [-0.3, -0.25) is 19.3 Å². The van der Waals surface area contributed by atoms with Crippen molar-refractivity contribution < 1.29 is 23.9 Å². The van der Waals surface area contributed by atoms with Crippen molar-refractivity contribution in [1.82, 2.24) is 4.90 Å². The molecule has 1 heterocycles. The van der Waals surface area contributed by atoms with E-state index >= 15 is 0 Å². The van der Waals surface area contributed by atoms with Crippen LogP contribution in [0.15, 0.2) is 71.6 Å². The molecule has 1 aliphatic rings. The summed E-state index contributed by atoms with van der Waals surface area (Å²) in [7, 11) is 1.48. The highest BCUT2D eigenvalue weighted by atomic mass is 127. The van der Waals surface area contributed by atoms with Gasteiger partial charge in [-0.15, -0.1) is 0 Å². The first-order valence-electron chi connectivity index (χ1n) is 11.0. The second kappa shape index (κ2) is 11.9. The molecular weight excluding hydrogens is 605 g/mol. The van der Waals surface area contributed by atoms with Gasteiger partial charge in [-0.1, -0.05) is 36.4 Å². The van der Waals surface area contributed by atoms with Crippen molar-refractivity contribution >= 4 is 63.2 Å². The van der Waals surface area contributed by atoms with E-state index in [0.29, 0.717) is 37.4 Å². The van der Waals surface area contributed by atoms with E-state index in [-0.39, 0.29) is 24.0 Å². The summed E-state index contributed by atoms with van der Waals surface area (Å²) in [6.07, 6.45) is 1.61. The number of anilines is 1. The molecule has 0 radical (unpaired) electrons. The van der Waals surface area contributed by atoms with Crippen LogP contribution >= 0.6 is 34.4 Å². The highest BCUT2D eigenvalue weighted by Crippen LogP contribution is 2.37. The number of hydrogen-bond donors (Lipinski definition) is 1. The van der Waals surface area contributed by atoms with Gasteiger partial charge in [-0.05, 0) is 81.9 Å². The molecule has 0 spiro atoms. The standard InChI is InChI=1S/C27H20IN3O5S/c1-35-22-12-17(11-21(28)25(22)36-16-24(32)30-20-9-3-2-4-10-20)13-23-26(33)31(27(34)37-23)15-19-8-6-5-7-18(19)14-29/h2-13H,15-16H2,1H3,(H,30,32)/b23-13+. The Morgan fingerprint density at radius 3 is 2.59 bits per heavy atom. The number of thioether (sulfide) groups is 1. The Balaban J connectivity index is 1.49. The largest absolute Gasteiger partial charge is 0.493 e. The van der Waals surface area contributed by atoms with Gasteiger partial charge in [0.25, 0.3) is 17.1 Å². The minimum atomic E-state index is -0.436. The van der Waals surface area contributed by atoms with Gasteiger partial charge in [0.05, 0.1) is 33.8 Å². The van der Waals surface area contributed by atoms with E-state index in [9.17, 15) is 19.6 Å². The predicted octanol–water partition coefficient (Wildman–Crippen LogP) is 5.43. The number of halogens is 1. The van der Waals surface area contributed by atoms with Crippen LogP contribution in [0.2, 0.25) is 0 Å². The van der Waals surface area contributed by atoms with Gasteiger partial charge in [0, 0.05) is 5.69 Å². The molecule has 0 aromatic heterocycles. The normalized spacial score (nSPS) is 14.0. The van der Waals surface area contributed by atoms with Gasteiger partial charge in [-0.2, -0.15) is 5.26 Å². The fraction of sp³-hybridized carbons (Fsp3) is 0.111. The number of rotatable bonds is 8. The van der Waals surface area contributed by atoms with E-state index in [1.54, 1.807) is 54.6 Å². The zero-order valence-corrected chi connectivity index (χ0v) is 22.5. The van der Waals surface area contributed by atoms with Gasteiger partial charge in [0.2, 0.25) is 0 Å². The average molecular weight is 625 g/mol. The molecule has 1 saturated heterocycles. The Hall–Kier alpha value is -3.82. The molecule has 186 valence electrons. The van der Waals surface area contributed by atoms with Crippen molar-refractivity contribution in [3.8, 4) is 17.6 Å². The number of imide groups is 1. The van der Waals surface area contributed by atoms with E-state index in [4.69, 9.17) is 9.47 Å². The minimum Gasteiger partial charge on any atom is -0.493 e. The quantitative estimate of drug-likeness (QED) is 0.263. The number of para-hydroxylation sites is 1. The lowest BCUT2D eigenvalue weighted by Gasteiger charge is -2.14. The topological polar surface area (TPSA) is 109 Å². The zero-order chi connectivity index (χ0) is 26.4. The van der Waals surface area contributed by atoms with Gasteiger partial charge in [0.15, 0.2) is 18.1 Å². The van der Waals surface area contributed by atoms with Crippen LogP contribution in [-0.2, 0) is 16.1 Å². The van der Waals surface area contributed by atoms with Crippen molar-refractivity contribution in [1.29, 1.82) is 5.26 Å². The van der Waals surface area contributed by atoms with Crippen LogP contribution in [0.3, 0.4) is 0 Å². The monoisotopic (exact) mass is 625 g/mol. The molecule has 0 aliphatic carbocycles. The van der Waals surface area contributed by atoms with E-state index in [2.05, 4.69) is 34.0 Å². The second-order valence-corrected chi connectivity index (χ2v) is 9.93. The van der Waals surface area contributed by atoms with Crippen molar-refractivity contribution in [3.63, 3.8) is 0 Å². The smallest absolute Gasteiger partial charge is 0.293 e. The summed E-state index contributed by atoms with van der Waals surface area (Å²) in [6, 6.07) is 21.4. The number of carbonyl (C=O) groups excluding carboxylic acids is 3. The van der Waals surface area contributed by atoms with E-state index in [1.165, 1.54) is 7.11 Å². The van der Waals surface area contributed by atoms with E-state index < -0.39 is 11.1 Å². The average Bonchev–Trinajstić information content (AvgIpc) is 3.15. The zero-order valence-electron chi connectivity index (χ0n) is 19.6. The maximum Gasteiger partial charge on any atom is 0.293 e. The number of hydrogen-bond acceptors (Lipinski definition) is 7. The van der Waals surface area contributed by atoms with Crippen LogP contribution in [0, 0.1) is 14.9 Å². The van der Waals surface area contributed by atoms with Crippen molar-refractivity contribution in [3.05, 3.63) is 91.9 Å². The molecule has 0 atom stereocenters. The van der Waals surface area contributed by atoms with Crippen molar-refractivity contribution in [2.45, 2.75) is 6.54 Å². The lowest BCUT2D eigenvalue weighted by Crippen LogP contribution is -2.27. The molecule has 8 nitrogen and oxygen atoms in total. The summed E-state index contributed by atoms with van der Waals surface area (Å²) in [5, 5.41) is 11.7. The molecule has 3 aromatic rings. The van der Waals surface area contributed by atoms with Crippen LogP contribution in [0.1, 0.15) is 16.7 Å². The van der Waals surface area contributed by atoms with Crippen molar-refractivity contribution in [2.75, 3.05) is 19.0 Å². The Morgan fingerprint density at radius 1 is 1.14 bits per heavy atom. The number of nitrogens with one attached hydrogen (secondary N) is 1. The van der Waals surface area contributed by atoms with Crippen LogP contribution in [-0.4, -0.2) is 35.7 Å². The maximum absolute atomic E-state index is 13.0. The third-order valence-corrected chi connectivity index (χ3v) is 7.00. The number of ether oxygens (including phenoxy) is 2. The van der Waals surface area contributed by atoms with E-state index in [1.807, 2.05) is 18.2 Å². The molecule has 1 N–H and O–H groups in total. The van der Waals surface area contributed by atoms with Crippen LogP contribution in [0.25, 0.3) is 6.08 Å². The summed E-state index contributed by atoms with van der Waals surface area (Å²) in [6.45, 7) is -0.200. The molecule has 10 heteroatoms. The molecule has 0 bridgehead atoms. The third-order valence-electron chi connectivity index (χ3n) is 5.29. The second-order valence-electron chi connectivity index (χ2n) is 7.77. The predicted molar refractivity (Wildman–Crippen MR) is 149 cm³/mol. The summed E-state index contributed by atoms with van der Waals surface area (Å²) < 4.78 is 11.9. The molecule has 0 unspecified atom stereocenters. The minimum absolute atomic E-state index is 0.0183. The highest BCUT2D eigenvalue weighted by Gasteiger charge is 2.35. The number of amides is 3. The van der Waals surface area contributed by atoms with Crippen LogP contribution in [0.4, 0.5) is 10.5 Å². The first-order chi connectivity index (χ1) is 17.9. The number of carbonyl (C=O) groups is 3. The highest BCUT2D eigenvalue weighted by molar-refractivity contribution is 14.1. The lowest BCUT2D eigenvalue weighted by atomic mass is 10.1. The van der Waals surface area contributed by atoms with E-state index in [0.717, 1.165) is 16.7 Å². The Bertz CT molecular complexity index is 1440. The number of nitrogens with zero attached hydrogens (tertiary/aromatic N) is 2. The fourth-order valence-corrected chi connectivity index (χ4v) is 5.16. The van der Waals surface area contributed by atoms with Gasteiger partial charge in [0.1, 0.15) is 0 Å². The Morgan fingerprint density at radius 2 is 1.86 bits per heavy atom. The molecule has 3 aromatic carbocycles. The molecule has 4 rings (SSSR count). The van der Waals surface area contributed by atoms with Crippen LogP contribution < -0.4 is 14.8 Å². The lowest BCUT2D eigenvalue weighted by molar-refractivity contribution is -0.123. The first kappa shape index (κ1) is 26.2. The molecule has 1 fully saturated rings. The Labute approximate surface area is 231 Å². The van der Waals surface area contributed by atoms with Gasteiger partial charge in [-0.25, -0.2) is 0 Å². The summed E-state index contributed by atoms with van der Waals surface area (Å²) in [4.78, 5) is 39.2. The fourth-order valence-electron chi connectivity index (χ4n) is 3.54. The third kappa shape index (κ3) is 6.31. The molecule has 37 heavy (non-hydrogen) atoms. The number of methoxy groups -OCH3 is 1. The molecule has 3 amide bonds. The summed E-state index contributed by atoms with van der Waals surface area (Å²) in [5.41, 5.74) is 2.31. The summed E-state index contributed by atoms with van der Waals surface area (Å²) in [5.74, 6) is 0.0203.